The van der Waals surface area contributed by atoms with Gasteiger partial charge in [-0.2, -0.15) is 16.5 Å². The maximum absolute atomic E-state index is 12.4. The first kappa shape index (κ1) is 21.4. The Kier molecular flexibility index (Phi) is 6.09. The quantitative estimate of drug-likeness (QED) is 0.345. The van der Waals surface area contributed by atoms with Gasteiger partial charge >= 0.3 is 0 Å². The Morgan fingerprint density at radius 2 is 1.62 bits per heavy atom. The number of H-pyrrole nitrogens is 2. The number of hydrogen-bond acceptors (Lipinski definition) is 7. The minimum atomic E-state index is -0.386. The van der Waals surface area contributed by atoms with E-state index in [1.54, 1.807) is 23.5 Å². The Morgan fingerprint density at radius 3 is 2.25 bits per heavy atom. The van der Waals surface area contributed by atoms with E-state index in [1.807, 2.05) is 30.5 Å². The maximum atomic E-state index is 12.4. The Morgan fingerprint density at radius 1 is 0.875 bits per heavy atom. The molecule has 2 aromatic carbocycles. The van der Waals surface area contributed by atoms with E-state index in [2.05, 4.69) is 31.9 Å². The van der Waals surface area contributed by atoms with Crippen molar-refractivity contribution in [2.75, 3.05) is 21.3 Å². The summed E-state index contributed by atoms with van der Waals surface area (Å²) >= 11 is 1.64. The van der Waals surface area contributed by atoms with E-state index in [0.29, 0.717) is 34.2 Å². The highest BCUT2D eigenvalue weighted by molar-refractivity contribution is 7.08. The minimum absolute atomic E-state index is 0.150. The summed E-state index contributed by atoms with van der Waals surface area (Å²) in [5.41, 5.74) is 4.85. The molecule has 8 nitrogen and oxygen atoms in total. The molecule has 0 atom stereocenters. The lowest BCUT2D eigenvalue weighted by atomic mass is 10.0. The third kappa shape index (κ3) is 4.02. The van der Waals surface area contributed by atoms with Gasteiger partial charge in [0.1, 0.15) is 0 Å². The van der Waals surface area contributed by atoms with Gasteiger partial charge in [-0.05, 0) is 64.7 Å². The maximum Gasteiger partial charge on any atom is 0.292 e. The van der Waals surface area contributed by atoms with E-state index in [1.165, 1.54) is 21.3 Å². The fourth-order valence-electron chi connectivity index (χ4n) is 3.39. The normalized spacial score (nSPS) is 11.1. The van der Waals surface area contributed by atoms with E-state index >= 15 is 0 Å². The van der Waals surface area contributed by atoms with E-state index < -0.39 is 0 Å². The number of azo groups is 1. The summed E-state index contributed by atoms with van der Waals surface area (Å²) < 4.78 is 16.2. The number of aromatic nitrogens is 2. The first-order chi connectivity index (χ1) is 15.5. The molecule has 0 amide bonds. The van der Waals surface area contributed by atoms with Crippen molar-refractivity contribution in [3.05, 3.63) is 63.1 Å². The molecule has 164 valence electrons. The van der Waals surface area contributed by atoms with Crippen LogP contribution in [0.2, 0.25) is 0 Å². The summed E-state index contributed by atoms with van der Waals surface area (Å²) in [5, 5.41) is 18.1. The largest absolute Gasteiger partial charge is 0.493 e. The smallest absolute Gasteiger partial charge is 0.292 e. The zero-order chi connectivity index (χ0) is 22.7. The minimum Gasteiger partial charge on any atom is -0.493 e. The van der Waals surface area contributed by atoms with Gasteiger partial charge in [-0.15, -0.1) is 5.11 Å². The fourth-order valence-corrected chi connectivity index (χ4v) is 4.05. The number of ether oxygens (including phenoxy) is 3. The molecule has 2 aromatic heterocycles. The SMILES string of the molecule is COc1cc(-c2[nH][nH]c(=O)c2N=Nc2ccc(C)c(-c3ccsc3)c2)cc(OC)c1OC. The summed E-state index contributed by atoms with van der Waals surface area (Å²) in [5.74, 6) is 1.39. The van der Waals surface area contributed by atoms with Gasteiger partial charge in [-0.1, -0.05) is 6.07 Å². The number of benzene rings is 2. The molecule has 0 saturated heterocycles. The molecule has 4 rings (SSSR count). The van der Waals surface area contributed by atoms with Crippen LogP contribution >= 0.6 is 11.3 Å². The number of methoxy groups -OCH3 is 3. The number of nitrogens with zero attached hydrogens (tertiary/aromatic N) is 2. The number of hydrogen-bond donors (Lipinski definition) is 2. The second-order valence-corrected chi connectivity index (χ2v) is 7.71. The van der Waals surface area contributed by atoms with Crippen LogP contribution in [0.1, 0.15) is 5.56 Å². The van der Waals surface area contributed by atoms with Crippen molar-refractivity contribution in [3.63, 3.8) is 0 Å². The highest BCUT2D eigenvalue weighted by atomic mass is 32.1. The van der Waals surface area contributed by atoms with Crippen LogP contribution in [-0.2, 0) is 0 Å². The molecule has 0 aliphatic heterocycles. The van der Waals surface area contributed by atoms with Crippen LogP contribution in [0.3, 0.4) is 0 Å². The zero-order valence-corrected chi connectivity index (χ0v) is 18.9. The van der Waals surface area contributed by atoms with Gasteiger partial charge in [0, 0.05) is 5.56 Å². The Bertz CT molecular complexity index is 1300. The Balaban J connectivity index is 1.74. The average molecular weight is 451 g/mol. The Labute approximate surface area is 188 Å². The molecular weight excluding hydrogens is 428 g/mol. The lowest BCUT2D eigenvalue weighted by Crippen LogP contribution is -1.97. The first-order valence-electron chi connectivity index (χ1n) is 9.71. The van der Waals surface area contributed by atoms with Gasteiger partial charge in [0.15, 0.2) is 17.2 Å². The van der Waals surface area contributed by atoms with Gasteiger partial charge in [0.25, 0.3) is 5.56 Å². The number of aromatic amines is 2. The molecule has 32 heavy (non-hydrogen) atoms. The summed E-state index contributed by atoms with van der Waals surface area (Å²) in [6, 6.07) is 11.4. The lowest BCUT2D eigenvalue weighted by molar-refractivity contribution is 0.324. The predicted molar refractivity (Wildman–Crippen MR) is 125 cm³/mol. The van der Waals surface area contributed by atoms with Crippen molar-refractivity contribution < 1.29 is 14.2 Å². The zero-order valence-electron chi connectivity index (χ0n) is 18.1. The van der Waals surface area contributed by atoms with Crippen LogP contribution in [0.25, 0.3) is 22.4 Å². The molecule has 0 spiro atoms. The third-order valence-corrected chi connectivity index (χ3v) is 5.71. The highest BCUT2D eigenvalue weighted by Gasteiger charge is 2.18. The van der Waals surface area contributed by atoms with E-state index in [4.69, 9.17) is 14.2 Å². The van der Waals surface area contributed by atoms with Crippen LogP contribution in [0.5, 0.6) is 17.2 Å². The fraction of sp³-hybridized carbons (Fsp3) is 0.174. The summed E-state index contributed by atoms with van der Waals surface area (Å²) in [4.78, 5) is 12.4. The van der Waals surface area contributed by atoms with Crippen molar-refractivity contribution >= 4 is 22.7 Å². The third-order valence-electron chi connectivity index (χ3n) is 5.03. The van der Waals surface area contributed by atoms with Crippen molar-refractivity contribution in [1.82, 2.24) is 10.2 Å². The van der Waals surface area contributed by atoms with E-state index in [-0.39, 0.29) is 11.2 Å². The molecule has 2 N–H and O–H groups in total. The van der Waals surface area contributed by atoms with Gasteiger partial charge in [0.2, 0.25) is 5.75 Å². The molecule has 0 saturated carbocycles. The second-order valence-electron chi connectivity index (χ2n) is 6.93. The first-order valence-corrected chi connectivity index (χ1v) is 10.7. The van der Waals surface area contributed by atoms with Gasteiger partial charge in [0.05, 0.1) is 32.7 Å². The number of rotatable bonds is 7. The van der Waals surface area contributed by atoms with Crippen molar-refractivity contribution in [2.45, 2.75) is 6.92 Å². The van der Waals surface area contributed by atoms with Crippen LogP contribution in [-0.4, -0.2) is 31.5 Å². The van der Waals surface area contributed by atoms with Gasteiger partial charge in [-0.25, -0.2) is 0 Å². The Hall–Kier alpha value is -3.85. The van der Waals surface area contributed by atoms with Crippen molar-refractivity contribution in [1.29, 1.82) is 0 Å². The van der Waals surface area contributed by atoms with Gasteiger partial charge < -0.3 is 14.2 Å². The van der Waals surface area contributed by atoms with Gasteiger partial charge in [-0.3, -0.25) is 15.0 Å². The molecule has 0 aliphatic rings. The number of thiophene rings is 1. The van der Waals surface area contributed by atoms with Crippen molar-refractivity contribution in [2.24, 2.45) is 10.2 Å². The molecule has 2 heterocycles. The highest BCUT2D eigenvalue weighted by Crippen LogP contribution is 2.42. The number of nitrogens with one attached hydrogen (secondary N) is 2. The molecule has 0 radical (unpaired) electrons. The van der Waals surface area contributed by atoms with Crippen LogP contribution in [0, 0.1) is 6.92 Å². The van der Waals surface area contributed by atoms with Crippen LogP contribution < -0.4 is 19.8 Å². The predicted octanol–water partition coefficient (Wildman–Crippen LogP) is 5.85. The number of aryl methyl sites for hydroxylation is 1. The van der Waals surface area contributed by atoms with E-state index in [0.717, 1.165) is 16.7 Å². The molecular formula is C23H22N4O4S. The standard InChI is InChI=1S/C23H22N4O4S/c1-13-5-6-16(11-17(13)14-7-8-32-12-14)24-26-21-20(25-27-23(21)28)15-9-18(29-2)22(31-4)19(10-15)30-3/h5-12H,1-4H3,(H2,25,27,28). The van der Waals surface area contributed by atoms with Crippen LogP contribution in [0.4, 0.5) is 11.4 Å². The summed E-state index contributed by atoms with van der Waals surface area (Å²) in [7, 11) is 4.60. The molecule has 0 aliphatic carbocycles. The van der Waals surface area contributed by atoms with E-state index in [9.17, 15) is 4.79 Å². The molecule has 0 fully saturated rings. The molecule has 9 heteroatoms. The molecule has 0 unspecified atom stereocenters. The monoisotopic (exact) mass is 450 g/mol. The van der Waals surface area contributed by atoms with Crippen molar-refractivity contribution in [3.8, 4) is 39.6 Å². The lowest BCUT2D eigenvalue weighted by Gasteiger charge is -2.13. The second kappa shape index (κ2) is 9.11. The topological polar surface area (TPSA) is 101 Å². The molecule has 0 bridgehead atoms. The summed E-state index contributed by atoms with van der Waals surface area (Å²) in [6.45, 7) is 2.05. The average Bonchev–Trinajstić information content (AvgIpc) is 3.47. The molecule has 4 aromatic rings. The van der Waals surface area contributed by atoms with Crippen LogP contribution in [0.15, 0.2) is 62.2 Å². The summed E-state index contributed by atoms with van der Waals surface area (Å²) in [6.07, 6.45) is 0.